The van der Waals surface area contributed by atoms with Gasteiger partial charge < -0.3 is 15.4 Å². The summed E-state index contributed by atoms with van der Waals surface area (Å²) in [5.74, 6) is 0.196. The van der Waals surface area contributed by atoms with Gasteiger partial charge in [0.1, 0.15) is 5.75 Å². The van der Waals surface area contributed by atoms with Gasteiger partial charge in [-0.2, -0.15) is 5.10 Å². The number of hydrogen-bond acceptors (Lipinski definition) is 4. The van der Waals surface area contributed by atoms with E-state index in [0.717, 1.165) is 5.71 Å². The number of amides is 3. The highest BCUT2D eigenvalue weighted by Crippen LogP contribution is 2.22. The lowest BCUT2D eigenvalue weighted by atomic mass is 10.0. The van der Waals surface area contributed by atoms with E-state index in [4.69, 9.17) is 4.74 Å². The molecule has 7 heteroatoms. The molecule has 1 aromatic carbocycles. The summed E-state index contributed by atoms with van der Waals surface area (Å²) >= 11 is 0. The predicted octanol–water partition coefficient (Wildman–Crippen LogP) is 1.33. The minimum absolute atomic E-state index is 0.126. The average Bonchev–Trinajstić information content (AvgIpc) is 2.79. The molecule has 0 saturated heterocycles. The van der Waals surface area contributed by atoms with Crippen molar-refractivity contribution < 1.29 is 14.3 Å². The molecule has 1 aliphatic heterocycles. The molecule has 7 nitrogen and oxygen atoms in total. The lowest BCUT2D eigenvalue weighted by Crippen LogP contribution is -2.33. The predicted molar refractivity (Wildman–Crippen MR) is 79.4 cm³/mol. The van der Waals surface area contributed by atoms with Gasteiger partial charge in [0, 0.05) is 12.3 Å². The van der Waals surface area contributed by atoms with Crippen LogP contribution in [0.25, 0.3) is 0 Å². The fraction of sp³-hybridized carbons (Fsp3) is 0.357. The summed E-state index contributed by atoms with van der Waals surface area (Å²) < 4.78 is 5.15. The molecule has 0 bridgehead atoms. The van der Waals surface area contributed by atoms with Gasteiger partial charge in [0.05, 0.1) is 18.7 Å². The van der Waals surface area contributed by atoms with Crippen molar-refractivity contribution in [3.63, 3.8) is 0 Å². The SMILES string of the molecule is COc1ccccc1NC(=O)NCCC1C(=O)NN=C1C. The maximum absolute atomic E-state index is 11.8. The summed E-state index contributed by atoms with van der Waals surface area (Å²) in [7, 11) is 1.54. The number of benzene rings is 1. The van der Waals surface area contributed by atoms with Crippen molar-refractivity contribution in [1.29, 1.82) is 0 Å². The van der Waals surface area contributed by atoms with E-state index in [9.17, 15) is 9.59 Å². The van der Waals surface area contributed by atoms with Gasteiger partial charge in [0.25, 0.3) is 0 Å². The molecular weight excluding hydrogens is 272 g/mol. The number of para-hydroxylation sites is 2. The first-order chi connectivity index (χ1) is 10.1. The molecule has 1 atom stereocenters. The molecule has 0 aromatic heterocycles. The lowest BCUT2D eigenvalue weighted by molar-refractivity contribution is -0.122. The summed E-state index contributed by atoms with van der Waals surface area (Å²) in [6.45, 7) is 2.17. The molecule has 0 fully saturated rings. The molecule has 3 N–H and O–H groups in total. The van der Waals surface area contributed by atoms with Crippen LogP contribution in [0.1, 0.15) is 13.3 Å². The zero-order valence-corrected chi connectivity index (χ0v) is 12.0. The van der Waals surface area contributed by atoms with Crippen molar-refractivity contribution in [3.8, 4) is 5.75 Å². The number of nitrogens with one attached hydrogen (secondary N) is 3. The van der Waals surface area contributed by atoms with E-state index < -0.39 is 0 Å². The number of carbonyl (C=O) groups excluding carboxylic acids is 2. The molecule has 0 spiro atoms. The van der Waals surface area contributed by atoms with Crippen molar-refractivity contribution in [3.05, 3.63) is 24.3 Å². The molecule has 1 aromatic rings. The van der Waals surface area contributed by atoms with Gasteiger partial charge >= 0.3 is 6.03 Å². The smallest absolute Gasteiger partial charge is 0.319 e. The third-order valence-electron chi connectivity index (χ3n) is 3.24. The fourth-order valence-corrected chi connectivity index (χ4v) is 2.07. The molecule has 2 rings (SSSR count). The summed E-state index contributed by atoms with van der Waals surface area (Å²) in [5.41, 5.74) is 3.75. The van der Waals surface area contributed by atoms with Crippen LogP contribution in [0.15, 0.2) is 29.4 Å². The lowest BCUT2D eigenvalue weighted by Gasteiger charge is -2.12. The zero-order valence-electron chi connectivity index (χ0n) is 12.0. The fourth-order valence-electron chi connectivity index (χ4n) is 2.07. The number of ether oxygens (including phenoxy) is 1. The zero-order chi connectivity index (χ0) is 15.2. The number of hydrogen-bond donors (Lipinski definition) is 3. The minimum atomic E-state index is -0.340. The Bertz CT molecular complexity index is 571. The van der Waals surface area contributed by atoms with Crippen LogP contribution in [0.2, 0.25) is 0 Å². The Morgan fingerprint density at radius 3 is 2.86 bits per heavy atom. The third-order valence-corrected chi connectivity index (χ3v) is 3.24. The van der Waals surface area contributed by atoms with E-state index in [1.54, 1.807) is 32.2 Å². The van der Waals surface area contributed by atoms with Crippen LogP contribution < -0.4 is 20.8 Å². The van der Waals surface area contributed by atoms with Crippen molar-refractivity contribution in [2.24, 2.45) is 11.0 Å². The Balaban J connectivity index is 1.80. The second-order valence-electron chi connectivity index (χ2n) is 4.65. The van der Waals surface area contributed by atoms with E-state index in [0.29, 0.717) is 24.4 Å². The number of nitrogens with zero attached hydrogens (tertiary/aromatic N) is 1. The van der Waals surface area contributed by atoms with E-state index in [2.05, 4.69) is 21.2 Å². The van der Waals surface area contributed by atoms with E-state index in [1.807, 2.05) is 6.07 Å². The number of anilines is 1. The van der Waals surface area contributed by atoms with Crippen LogP contribution in [-0.4, -0.2) is 31.3 Å². The highest BCUT2D eigenvalue weighted by molar-refractivity contribution is 6.06. The molecule has 0 saturated carbocycles. The van der Waals surface area contributed by atoms with Crippen LogP contribution in [0.3, 0.4) is 0 Å². The number of hydrazone groups is 1. The number of methoxy groups -OCH3 is 1. The first-order valence-electron chi connectivity index (χ1n) is 6.63. The molecule has 0 radical (unpaired) electrons. The first kappa shape index (κ1) is 14.8. The molecule has 21 heavy (non-hydrogen) atoms. The highest BCUT2D eigenvalue weighted by atomic mass is 16.5. The van der Waals surface area contributed by atoms with Gasteiger partial charge in [-0.1, -0.05) is 12.1 Å². The van der Waals surface area contributed by atoms with Crippen molar-refractivity contribution in [2.75, 3.05) is 19.0 Å². The summed E-state index contributed by atoms with van der Waals surface area (Å²) in [5, 5.41) is 9.27. The molecule has 1 aliphatic rings. The summed E-state index contributed by atoms with van der Waals surface area (Å²) in [6.07, 6.45) is 0.514. The van der Waals surface area contributed by atoms with Gasteiger partial charge in [-0.15, -0.1) is 0 Å². The second kappa shape index (κ2) is 6.74. The summed E-state index contributed by atoms with van der Waals surface area (Å²) in [6, 6.07) is 6.80. The second-order valence-corrected chi connectivity index (χ2v) is 4.65. The normalized spacial score (nSPS) is 17.0. The van der Waals surface area contributed by atoms with Crippen LogP contribution in [0.4, 0.5) is 10.5 Å². The quantitative estimate of drug-likeness (QED) is 0.764. The Hall–Kier alpha value is -2.57. The molecular formula is C14H18N4O3. The summed E-state index contributed by atoms with van der Waals surface area (Å²) in [4.78, 5) is 23.3. The standard InChI is InChI=1S/C14H18N4O3/c1-9-10(13(19)18-17-9)7-8-15-14(20)16-11-5-3-4-6-12(11)21-2/h3-6,10H,7-8H2,1-2H3,(H,18,19)(H2,15,16,20). The molecule has 1 heterocycles. The Morgan fingerprint density at radius 1 is 1.43 bits per heavy atom. The molecule has 0 aliphatic carbocycles. The van der Waals surface area contributed by atoms with Crippen LogP contribution >= 0.6 is 0 Å². The van der Waals surface area contributed by atoms with E-state index in [1.165, 1.54) is 0 Å². The van der Waals surface area contributed by atoms with Gasteiger partial charge in [0.2, 0.25) is 5.91 Å². The number of urea groups is 1. The maximum Gasteiger partial charge on any atom is 0.319 e. The maximum atomic E-state index is 11.8. The first-order valence-corrected chi connectivity index (χ1v) is 6.63. The van der Waals surface area contributed by atoms with Crippen molar-refractivity contribution in [2.45, 2.75) is 13.3 Å². The van der Waals surface area contributed by atoms with Crippen molar-refractivity contribution in [1.82, 2.24) is 10.7 Å². The third kappa shape index (κ3) is 3.71. The van der Waals surface area contributed by atoms with Gasteiger partial charge in [-0.05, 0) is 25.5 Å². The highest BCUT2D eigenvalue weighted by Gasteiger charge is 2.26. The Labute approximate surface area is 122 Å². The average molecular weight is 290 g/mol. The Kier molecular flexibility index (Phi) is 4.76. The molecule has 3 amide bonds. The van der Waals surface area contributed by atoms with Crippen LogP contribution in [-0.2, 0) is 4.79 Å². The van der Waals surface area contributed by atoms with Gasteiger partial charge in [-0.3, -0.25) is 4.79 Å². The monoisotopic (exact) mass is 290 g/mol. The number of carbonyl (C=O) groups is 2. The van der Waals surface area contributed by atoms with Gasteiger partial charge in [0.15, 0.2) is 0 Å². The van der Waals surface area contributed by atoms with E-state index >= 15 is 0 Å². The topological polar surface area (TPSA) is 91.8 Å². The minimum Gasteiger partial charge on any atom is -0.495 e. The van der Waals surface area contributed by atoms with E-state index in [-0.39, 0.29) is 17.9 Å². The van der Waals surface area contributed by atoms with Crippen molar-refractivity contribution >= 4 is 23.3 Å². The van der Waals surface area contributed by atoms with Gasteiger partial charge in [-0.25, -0.2) is 10.2 Å². The molecule has 112 valence electrons. The number of rotatable bonds is 5. The Morgan fingerprint density at radius 2 is 2.19 bits per heavy atom. The molecule has 1 unspecified atom stereocenters. The largest absolute Gasteiger partial charge is 0.495 e. The van der Waals surface area contributed by atoms with Crippen LogP contribution in [0.5, 0.6) is 5.75 Å². The van der Waals surface area contributed by atoms with Crippen LogP contribution in [0, 0.1) is 5.92 Å².